The second-order valence-corrected chi connectivity index (χ2v) is 14.1. The van der Waals surface area contributed by atoms with Gasteiger partial charge in [0.2, 0.25) is 0 Å². The lowest BCUT2D eigenvalue weighted by molar-refractivity contribution is -0.914. The molecule has 400 valence electrons. The summed E-state index contributed by atoms with van der Waals surface area (Å²) in [6.07, 6.45) is -12.2. The van der Waals surface area contributed by atoms with Crippen LogP contribution in [0.3, 0.4) is 0 Å². The average molecular weight is 1080 g/mol. The number of carbonyl (C=O) groups excluding carboxylic acids is 2. The zero-order valence-electron chi connectivity index (χ0n) is 31.3. The van der Waals surface area contributed by atoms with E-state index in [1.165, 1.54) is 0 Å². The van der Waals surface area contributed by atoms with Gasteiger partial charge in [-0.25, -0.2) is 0 Å². The van der Waals surface area contributed by atoms with Crippen LogP contribution < -0.4 is 5.11 Å². The van der Waals surface area contributed by atoms with Gasteiger partial charge in [-0.3, -0.25) is 4.79 Å². The Balaban J connectivity index is 8.03. The van der Waals surface area contributed by atoms with Gasteiger partial charge in [0.05, 0.1) is 39.2 Å². The molecule has 0 aliphatic carbocycles. The van der Waals surface area contributed by atoms with E-state index in [1.54, 1.807) is 0 Å². The molecule has 0 fully saturated rings. The Bertz CT molecular complexity index is 1790. The number of nitrogens with zero attached hydrogens (tertiary/aromatic N) is 1. The number of halogens is 33. The maximum absolute atomic E-state index is 15.3. The molecule has 0 spiro atoms. The third-order valence-electron chi connectivity index (χ3n) is 9.26. The van der Waals surface area contributed by atoms with Crippen LogP contribution in [0.2, 0.25) is 0 Å². The van der Waals surface area contributed by atoms with Crippen LogP contribution in [-0.4, -0.2) is 168 Å². The van der Waals surface area contributed by atoms with E-state index < -0.39 is 149 Å². The topological polar surface area (TPSA) is 107 Å². The van der Waals surface area contributed by atoms with E-state index in [0.29, 0.717) is 14.1 Å². The maximum atomic E-state index is 15.3. The van der Waals surface area contributed by atoms with Crippen molar-refractivity contribution in [3.05, 3.63) is 0 Å². The summed E-state index contributed by atoms with van der Waals surface area (Å²) in [5.41, 5.74) is 0. The van der Waals surface area contributed by atoms with E-state index >= 15 is 8.78 Å². The Morgan fingerprint density at radius 3 is 0.836 bits per heavy atom. The van der Waals surface area contributed by atoms with E-state index in [-0.39, 0.29) is 6.92 Å². The van der Waals surface area contributed by atoms with Crippen molar-refractivity contribution in [2.24, 2.45) is 5.92 Å². The number of esters is 1. The van der Waals surface area contributed by atoms with Gasteiger partial charge in [-0.2, -0.15) is 145 Å². The van der Waals surface area contributed by atoms with Crippen LogP contribution in [0.1, 0.15) is 6.92 Å². The van der Waals surface area contributed by atoms with Crippen molar-refractivity contribution in [1.29, 1.82) is 0 Å². The van der Waals surface area contributed by atoms with Gasteiger partial charge >= 0.3 is 101 Å². The smallest absolute Gasteiger partial charge is 0.460 e. The molecule has 0 aromatic heterocycles. The highest BCUT2D eigenvalue weighted by atomic mass is 19.4. The second-order valence-electron chi connectivity index (χ2n) is 14.1. The fourth-order valence-corrected chi connectivity index (χ4v) is 5.20. The number of hydrogen-bond acceptors (Lipinski definition) is 6. The van der Waals surface area contributed by atoms with Gasteiger partial charge in [0.15, 0.2) is 12.1 Å². The van der Waals surface area contributed by atoms with Crippen molar-refractivity contribution in [3.8, 4) is 0 Å². The van der Waals surface area contributed by atoms with Crippen molar-refractivity contribution in [2.75, 3.05) is 33.9 Å². The summed E-state index contributed by atoms with van der Waals surface area (Å²) in [4.78, 5) is 22.6. The molecule has 0 aromatic carbocycles. The quantitative estimate of drug-likeness (QED) is 0.0615. The van der Waals surface area contributed by atoms with E-state index in [4.69, 9.17) is 0 Å². The summed E-state index contributed by atoms with van der Waals surface area (Å²) in [6, 6.07) is -2.92. The molecule has 0 saturated heterocycles. The number of aliphatic hydroxyl groups is 2. The fourth-order valence-electron chi connectivity index (χ4n) is 5.20. The molecule has 0 rings (SSSR count). The molecular weight excluding hydrogens is 1060 g/mol. The minimum atomic E-state index is -10.4. The molecule has 0 aromatic rings. The Labute approximate surface area is 345 Å². The molecule has 7 nitrogen and oxygen atoms in total. The molecule has 0 aliphatic rings. The summed E-state index contributed by atoms with van der Waals surface area (Å²) in [6.45, 7) is -6.92. The largest absolute Gasteiger partial charge is 0.544 e. The highest BCUT2D eigenvalue weighted by molar-refractivity contribution is 5.66. The molecule has 0 amide bonds. The number of ether oxygens (including phenoxy) is 1. The Morgan fingerprint density at radius 2 is 0.657 bits per heavy atom. The van der Waals surface area contributed by atoms with Crippen molar-refractivity contribution in [3.63, 3.8) is 0 Å². The number of hydrogen-bond donors (Lipinski definition) is 2. The number of aliphatic carboxylic acids is 1. The average Bonchev–Trinajstić information content (AvgIpc) is 3.09. The molecule has 0 heterocycles. The van der Waals surface area contributed by atoms with Gasteiger partial charge in [0.1, 0.15) is 6.54 Å². The third kappa shape index (κ3) is 8.46. The van der Waals surface area contributed by atoms with Crippen molar-refractivity contribution < 1.29 is 179 Å². The van der Waals surface area contributed by atoms with Gasteiger partial charge in [-0.15, -0.1) is 0 Å². The molecule has 0 bridgehead atoms. The molecule has 3 atom stereocenters. The fraction of sp³-hybridized carbons (Fsp3) is 0.926. The van der Waals surface area contributed by atoms with E-state index in [2.05, 4.69) is 4.74 Å². The molecule has 3 unspecified atom stereocenters. The molecule has 0 aliphatic heterocycles. The lowest BCUT2D eigenvalue weighted by atomic mass is 9.80. The van der Waals surface area contributed by atoms with Crippen LogP contribution in [0.5, 0.6) is 0 Å². The number of aliphatic hydroxyl groups excluding tert-OH is 2. The summed E-state index contributed by atoms with van der Waals surface area (Å²) >= 11 is 0. The standard InChI is InChI=1S/C27H20F33NO6/c1-7(64)67-11(9(6-63)61(2,3)4-10(65)66)8(5-62)12(28,29)13(30,31)14(32,33)15(34,35)16(36,37)17(38,39)18(40,41)19(42,43)20(44,45)21(46,47)22(48,49)23(50,51)24(52,53)25(54,55)26(56,57)27(58,59)60/h8-9,11,62-63H,4-6H2,1-3H3. The summed E-state index contributed by atoms with van der Waals surface area (Å²) < 4.78 is 464. The first-order chi connectivity index (χ1) is 28.6. The summed E-state index contributed by atoms with van der Waals surface area (Å²) in [7, 11) is 0.748. The lowest BCUT2D eigenvalue weighted by Gasteiger charge is -2.48. The van der Waals surface area contributed by atoms with Gasteiger partial charge in [-0.05, 0) is 0 Å². The number of likely N-dealkylation sites (N-methyl/N-ethyl adjacent to an activating group) is 1. The first kappa shape index (κ1) is 63.5. The number of carbonyl (C=O) groups is 2. The van der Waals surface area contributed by atoms with Crippen LogP contribution in [0.15, 0.2) is 0 Å². The maximum Gasteiger partial charge on any atom is 0.460 e. The van der Waals surface area contributed by atoms with E-state index in [1.807, 2.05) is 0 Å². The lowest BCUT2D eigenvalue weighted by Crippen LogP contribution is -2.80. The summed E-state index contributed by atoms with van der Waals surface area (Å²) in [5, 5.41) is 30.0. The van der Waals surface area contributed by atoms with Gasteiger partial charge in [-0.1, -0.05) is 0 Å². The normalized spacial score (nSPS) is 17.6. The summed E-state index contributed by atoms with van der Waals surface area (Å²) in [5.74, 6) is -155. The molecule has 0 saturated carbocycles. The highest BCUT2D eigenvalue weighted by Crippen LogP contribution is 2.70. The molecular formula is C27H20F33NO6. The highest BCUT2D eigenvalue weighted by Gasteiger charge is 3.02. The predicted molar refractivity (Wildman–Crippen MR) is 139 cm³/mol. The minimum Gasteiger partial charge on any atom is -0.544 e. The van der Waals surface area contributed by atoms with Crippen LogP contribution in [0.4, 0.5) is 145 Å². The SMILES string of the molecule is CC(=O)OC(C(CO)C(F)(F)C(F)(F)C(F)(F)C(F)(F)C(F)(F)C(F)(F)C(F)(F)C(F)(F)C(F)(F)C(F)(F)C(F)(F)C(F)(F)C(F)(F)C(F)(F)C(F)(F)C(F)(F)F)C(CO)[N+](C)(C)CC(=O)[O-]. The monoisotopic (exact) mass is 1080 g/mol. The van der Waals surface area contributed by atoms with Crippen LogP contribution in [0.25, 0.3) is 0 Å². The molecule has 0 radical (unpaired) electrons. The van der Waals surface area contributed by atoms with Crippen molar-refractivity contribution >= 4 is 11.9 Å². The number of rotatable bonds is 23. The van der Waals surface area contributed by atoms with Crippen LogP contribution in [-0.2, 0) is 14.3 Å². The first-order valence-corrected chi connectivity index (χ1v) is 15.8. The Kier molecular flexibility index (Phi) is 16.2. The molecule has 40 heteroatoms. The second kappa shape index (κ2) is 17.1. The molecule has 67 heavy (non-hydrogen) atoms. The first-order valence-electron chi connectivity index (χ1n) is 15.8. The Morgan fingerprint density at radius 1 is 0.433 bits per heavy atom. The van der Waals surface area contributed by atoms with Crippen LogP contribution in [0, 0.1) is 5.92 Å². The van der Waals surface area contributed by atoms with Gasteiger partial charge in [0, 0.05) is 6.92 Å². The Hall–Kier alpha value is -3.49. The van der Waals surface area contributed by atoms with Crippen molar-refractivity contribution in [1.82, 2.24) is 0 Å². The minimum absolute atomic E-state index is 0.00589. The number of alkyl halides is 33. The molecule has 2 N–H and O–H groups in total. The van der Waals surface area contributed by atoms with Crippen LogP contribution >= 0.6 is 0 Å². The number of carboxylic acids is 1. The van der Waals surface area contributed by atoms with E-state index in [0.717, 1.165) is 0 Å². The third-order valence-corrected chi connectivity index (χ3v) is 9.26. The van der Waals surface area contributed by atoms with E-state index in [9.17, 15) is 161 Å². The van der Waals surface area contributed by atoms with Crippen molar-refractivity contribution in [2.45, 2.75) is 114 Å². The van der Waals surface area contributed by atoms with Gasteiger partial charge < -0.3 is 29.3 Å². The number of quaternary nitrogens is 1. The number of carboxylic acid groups (broad SMARTS) is 1. The zero-order chi connectivity index (χ0) is 55.2. The predicted octanol–water partition coefficient (Wildman–Crippen LogP) is 7.81. The van der Waals surface area contributed by atoms with Gasteiger partial charge in [0.25, 0.3) is 0 Å². The zero-order valence-corrected chi connectivity index (χ0v) is 31.3.